The fourth-order valence-corrected chi connectivity index (χ4v) is 5.66. The maximum Gasteiger partial charge on any atom is 0.343 e. The molecule has 3 heterocycles. The van der Waals surface area contributed by atoms with Gasteiger partial charge in [0.25, 0.3) is 0 Å². The molecule has 0 saturated carbocycles. The van der Waals surface area contributed by atoms with E-state index >= 15 is 0 Å². The van der Waals surface area contributed by atoms with Gasteiger partial charge in [0.05, 0.1) is 27.4 Å². The summed E-state index contributed by atoms with van der Waals surface area (Å²) in [6, 6.07) is 3.40. The van der Waals surface area contributed by atoms with E-state index in [0.717, 1.165) is 41.0 Å². The van der Waals surface area contributed by atoms with Gasteiger partial charge in [0, 0.05) is 28.6 Å². The highest BCUT2D eigenvalue weighted by molar-refractivity contribution is 9.08. The van der Waals surface area contributed by atoms with Crippen LogP contribution in [0.2, 0.25) is 0 Å². The largest absolute Gasteiger partial charge is 0.493 e. The molecule has 32 heavy (non-hydrogen) atoms. The number of rotatable bonds is 5. The van der Waals surface area contributed by atoms with Crippen LogP contribution in [0, 0.1) is 0 Å². The lowest BCUT2D eigenvalue weighted by atomic mass is 9.83. The number of esters is 1. The molecule has 0 bridgehead atoms. The molecule has 0 fully saturated rings. The Morgan fingerprint density at radius 3 is 2.53 bits per heavy atom. The summed E-state index contributed by atoms with van der Waals surface area (Å²) in [5, 5.41) is 0.619. The summed E-state index contributed by atoms with van der Waals surface area (Å²) in [6.45, 7) is 0.935. The van der Waals surface area contributed by atoms with Gasteiger partial charge in [-0.25, -0.2) is 4.79 Å². The standard InChI is InChI=1S/C23H24BrNO7/c1-25-8-7-11-13(9-24)19-22(31-10-30-19)21(29-4)15(11)17(25)18-12-5-6-14(27-2)20(28-3)16(12)23(26)32-18/h5-6,17-18H,7-10H2,1-4H3/t17-,18+/m1/s1. The van der Waals surface area contributed by atoms with Gasteiger partial charge in [-0.2, -0.15) is 0 Å². The first-order valence-corrected chi connectivity index (χ1v) is 11.4. The topological polar surface area (TPSA) is 75.7 Å². The molecule has 8 nitrogen and oxygen atoms in total. The van der Waals surface area contributed by atoms with E-state index in [0.29, 0.717) is 33.9 Å². The molecule has 0 spiro atoms. The quantitative estimate of drug-likeness (QED) is 0.448. The van der Waals surface area contributed by atoms with Crippen LogP contribution in [0.5, 0.6) is 28.7 Å². The van der Waals surface area contributed by atoms with Crippen molar-refractivity contribution in [3.8, 4) is 28.7 Å². The van der Waals surface area contributed by atoms with Crippen LogP contribution in [0.4, 0.5) is 0 Å². The van der Waals surface area contributed by atoms with Crippen LogP contribution in [0.1, 0.15) is 44.8 Å². The van der Waals surface area contributed by atoms with Gasteiger partial charge >= 0.3 is 5.97 Å². The Bertz CT molecular complexity index is 1100. The van der Waals surface area contributed by atoms with Crippen molar-refractivity contribution in [1.29, 1.82) is 0 Å². The van der Waals surface area contributed by atoms with Gasteiger partial charge in [-0.3, -0.25) is 4.90 Å². The smallest absolute Gasteiger partial charge is 0.343 e. The van der Waals surface area contributed by atoms with Gasteiger partial charge < -0.3 is 28.4 Å². The van der Waals surface area contributed by atoms with E-state index in [1.54, 1.807) is 20.3 Å². The van der Waals surface area contributed by atoms with Crippen LogP contribution in [-0.4, -0.2) is 52.6 Å². The molecule has 2 aromatic carbocycles. The summed E-state index contributed by atoms with van der Waals surface area (Å²) >= 11 is 3.62. The molecule has 2 aromatic rings. The maximum absolute atomic E-state index is 13.0. The second-order valence-electron chi connectivity index (χ2n) is 7.87. The zero-order chi connectivity index (χ0) is 22.6. The summed E-state index contributed by atoms with van der Waals surface area (Å²) in [5.41, 5.74) is 4.30. The molecule has 170 valence electrons. The highest BCUT2D eigenvalue weighted by atomic mass is 79.9. The van der Waals surface area contributed by atoms with Crippen molar-refractivity contribution < 1.29 is 33.2 Å². The number of hydrogen-bond donors (Lipinski definition) is 0. The number of carbonyl (C=O) groups is 1. The third kappa shape index (κ3) is 2.87. The van der Waals surface area contributed by atoms with Crippen molar-refractivity contribution in [3.63, 3.8) is 0 Å². The van der Waals surface area contributed by atoms with Crippen LogP contribution in [0.3, 0.4) is 0 Å². The Morgan fingerprint density at radius 1 is 1.09 bits per heavy atom. The highest BCUT2D eigenvalue weighted by Crippen LogP contribution is 2.57. The summed E-state index contributed by atoms with van der Waals surface area (Å²) < 4.78 is 34.3. The number of hydrogen-bond acceptors (Lipinski definition) is 8. The van der Waals surface area contributed by atoms with Crippen molar-refractivity contribution in [1.82, 2.24) is 4.90 Å². The average Bonchev–Trinajstić information content (AvgIpc) is 3.41. The number of halogens is 1. The third-order valence-electron chi connectivity index (χ3n) is 6.46. The lowest BCUT2D eigenvalue weighted by Gasteiger charge is -2.39. The number of methoxy groups -OCH3 is 3. The molecule has 0 aromatic heterocycles. The molecule has 0 radical (unpaired) electrons. The average molecular weight is 506 g/mol. The predicted molar refractivity (Wildman–Crippen MR) is 119 cm³/mol. The fraction of sp³-hybridized carbons (Fsp3) is 0.435. The molecule has 2 atom stereocenters. The van der Waals surface area contributed by atoms with E-state index in [9.17, 15) is 4.79 Å². The Labute approximate surface area is 194 Å². The number of benzene rings is 2. The molecule has 3 aliphatic heterocycles. The monoisotopic (exact) mass is 505 g/mol. The van der Waals surface area contributed by atoms with Crippen LogP contribution in [0.15, 0.2) is 12.1 Å². The van der Waals surface area contributed by atoms with E-state index in [1.165, 1.54) is 7.11 Å². The molecule has 0 aliphatic carbocycles. The lowest BCUT2D eigenvalue weighted by Crippen LogP contribution is -2.37. The molecule has 0 amide bonds. The third-order valence-corrected chi connectivity index (χ3v) is 7.02. The van der Waals surface area contributed by atoms with Crippen molar-refractivity contribution in [3.05, 3.63) is 39.9 Å². The van der Waals surface area contributed by atoms with Crippen LogP contribution < -0.4 is 23.7 Å². The van der Waals surface area contributed by atoms with Gasteiger partial charge in [0.1, 0.15) is 11.7 Å². The predicted octanol–water partition coefficient (Wildman–Crippen LogP) is 3.78. The molecular formula is C23H24BrNO7. The number of fused-ring (bicyclic) bond motifs is 3. The number of cyclic esters (lactones) is 1. The van der Waals surface area contributed by atoms with Crippen molar-refractivity contribution in [2.75, 3.05) is 41.7 Å². The molecular weight excluding hydrogens is 482 g/mol. The molecule has 9 heteroatoms. The minimum absolute atomic E-state index is 0.146. The number of carbonyl (C=O) groups excluding carboxylic acids is 1. The van der Waals surface area contributed by atoms with Crippen LogP contribution in [0.25, 0.3) is 0 Å². The molecule has 0 saturated heterocycles. The maximum atomic E-state index is 13.0. The van der Waals surface area contributed by atoms with E-state index in [2.05, 4.69) is 20.8 Å². The molecule has 0 N–H and O–H groups in total. The van der Waals surface area contributed by atoms with E-state index in [4.69, 9.17) is 28.4 Å². The Kier molecular flexibility index (Phi) is 5.33. The van der Waals surface area contributed by atoms with Gasteiger partial charge in [-0.05, 0) is 25.1 Å². The Morgan fingerprint density at radius 2 is 1.84 bits per heavy atom. The summed E-state index contributed by atoms with van der Waals surface area (Å²) in [6.07, 6.45) is 0.272. The summed E-state index contributed by atoms with van der Waals surface area (Å²) in [5.74, 6) is 2.38. The summed E-state index contributed by atoms with van der Waals surface area (Å²) in [4.78, 5) is 15.2. The van der Waals surface area contributed by atoms with Crippen molar-refractivity contribution in [2.45, 2.75) is 23.9 Å². The SMILES string of the molecule is COc1ccc2c(c1OC)C(=O)O[C@@H]2[C@H]1c2c(c(CBr)c3c(c2OC)OCO3)CCN1C. The Balaban J connectivity index is 1.73. The zero-order valence-corrected chi connectivity index (χ0v) is 19.9. The zero-order valence-electron chi connectivity index (χ0n) is 18.3. The highest BCUT2D eigenvalue weighted by Gasteiger charge is 2.47. The van der Waals surface area contributed by atoms with Crippen LogP contribution >= 0.6 is 15.9 Å². The number of nitrogens with zero attached hydrogens (tertiary/aromatic N) is 1. The van der Waals surface area contributed by atoms with Gasteiger partial charge in [-0.15, -0.1) is 0 Å². The summed E-state index contributed by atoms with van der Waals surface area (Å²) in [7, 11) is 6.72. The van der Waals surface area contributed by atoms with Crippen LogP contribution in [-0.2, 0) is 16.5 Å². The molecule has 5 rings (SSSR count). The molecule has 0 unspecified atom stereocenters. The minimum Gasteiger partial charge on any atom is -0.493 e. The normalized spacial score (nSPS) is 21.1. The fourth-order valence-electron chi connectivity index (χ4n) is 5.06. The first kappa shape index (κ1) is 21.2. The first-order chi connectivity index (χ1) is 15.5. The second-order valence-corrected chi connectivity index (χ2v) is 8.43. The number of alkyl halides is 1. The van der Waals surface area contributed by atoms with Gasteiger partial charge in [0.15, 0.2) is 23.0 Å². The van der Waals surface area contributed by atoms with Crippen molar-refractivity contribution in [2.24, 2.45) is 0 Å². The van der Waals surface area contributed by atoms with E-state index in [-0.39, 0.29) is 12.8 Å². The van der Waals surface area contributed by atoms with E-state index in [1.807, 2.05) is 13.1 Å². The Hall–Kier alpha value is -2.65. The number of likely N-dealkylation sites (N-methyl/N-ethyl adjacent to an activating group) is 1. The van der Waals surface area contributed by atoms with Gasteiger partial charge in [-0.1, -0.05) is 22.0 Å². The minimum atomic E-state index is -0.543. The second kappa shape index (κ2) is 8.04. The molecule has 3 aliphatic rings. The van der Waals surface area contributed by atoms with Gasteiger partial charge in [0.2, 0.25) is 12.5 Å². The first-order valence-electron chi connectivity index (χ1n) is 10.3. The van der Waals surface area contributed by atoms with E-state index < -0.39 is 12.1 Å². The number of ether oxygens (including phenoxy) is 6. The van der Waals surface area contributed by atoms with Crippen molar-refractivity contribution >= 4 is 21.9 Å². The lowest BCUT2D eigenvalue weighted by molar-refractivity contribution is 0.00870.